The number of hydrogen-bond donors (Lipinski definition) is 1. The maximum absolute atomic E-state index is 11.2. The zero-order valence-electron chi connectivity index (χ0n) is 8.03. The standard InChI is InChI=1S/C9H12ClNO3/c1-3-14-9(13)8(12)7-4-6(10)5-11(7)2/h4-5,8,12H,3H2,1-2H3. The summed E-state index contributed by atoms with van der Waals surface area (Å²) in [5.41, 5.74) is 0.424. The van der Waals surface area contributed by atoms with Gasteiger partial charge in [-0.3, -0.25) is 0 Å². The van der Waals surface area contributed by atoms with Gasteiger partial charge in [0.05, 0.1) is 17.3 Å². The topological polar surface area (TPSA) is 51.5 Å². The Morgan fingerprint density at radius 1 is 1.79 bits per heavy atom. The first-order chi connectivity index (χ1) is 6.56. The minimum Gasteiger partial charge on any atom is -0.464 e. The average molecular weight is 218 g/mol. The molecule has 1 heterocycles. The number of halogens is 1. The molecular formula is C9H12ClNO3. The molecule has 0 amide bonds. The minimum absolute atomic E-state index is 0.244. The summed E-state index contributed by atoms with van der Waals surface area (Å²) in [6.45, 7) is 1.93. The molecule has 0 aromatic carbocycles. The Bertz CT molecular complexity index is 335. The number of ether oxygens (including phenoxy) is 1. The number of nitrogens with zero attached hydrogens (tertiary/aromatic N) is 1. The highest BCUT2D eigenvalue weighted by Crippen LogP contribution is 2.20. The quantitative estimate of drug-likeness (QED) is 0.776. The third-order valence-electron chi connectivity index (χ3n) is 1.80. The molecule has 0 saturated carbocycles. The summed E-state index contributed by atoms with van der Waals surface area (Å²) in [5.74, 6) is -0.662. The normalized spacial score (nSPS) is 12.6. The lowest BCUT2D eigenvalue weighted by Gasteiger charge is -2.10. The van der Waals surface area contributed by atoms with Gasteiger partial charge in [-0.25, -0.2) is 4.79 Å². The molecule has 0 aliphatic heterocycles. The fraction of sp³-hybridized carbons (Fsp3) is 0.444. The predicted molar refractivity (Wildman–Crippen MR) is 52.0 cm³/mol. The molecule has 4 nitrogen and oxygen atoms in total. The molecule has 5 heteroatoms. The molecule has 0 aliphatic carbocycles. The lowest BCUT2D eigenvalue weighted by molar-refractivity contribution is -0.153. The Morgan fingerprint density at radius 3 is 2.86 bits per heavy atom. The molecule has 78 valence electrons. The molecule has 1 aromatic heterocycles. The maximum Gasteiger partial charge on any atom is 0.341 e. The number of esters is 1. The Hall–Kier alpha value is -1.00. The highest BCUT2D eigenvalue weighted by atomic mass is 35.5. The third-order valence-corrected chi connectivity index (χ3v) is 2.01. The van der Waals surface area contributed by atoms with Crippen LogP contribution in [0.4, 0.5) is 0 Å². The smallest absolute Gasteiger partial charge is 0.341 e. The van der Waals surface area contributed by atoms with E-state index in [1.807, 2.05) is 0 Å². The Kier molecular flexibility index (Phi) is 3.55. The van der Waals surface area contributed by atoms with Crippen LogP contribution in [-0.2, 0) is 16.6 Å². The number of hydrogen-bond acceptors (Lipinski definition) is 3. The van der Waals surface area contributed by atoms with Crippen molar-refractivity contribution in [3.8, 4) is 0 Å². The molecule has 0 aliphatic rings. The molecule has 0 fully saturated rings. The third kappa shape index (κ3) is 2.27. The van der Waals surface area contributed by atoms with Crippen molar-refractivity contribution in [2.75, 3.05) is 6.61 Å². The van der Waals surface area contributed by atoms with Gasteiger partial charge < -0.3 is 14.4 Å². The van der Waals surface area contributed by atoms with Crippen molar-refractivity contribution < 1.29 is 14.6 Å². The van der Waals surface area contributed by atoms with Crippen LogP contribution in [0.15, 0.2) is 12.3 Å². The van der Waals surface area contributed by atoms with E-state index in [0.717, 1.165) is 0 Å². The lowest BCUT2D eigenvalue weighted by Crippen LogP contribution is -2.17. The van der Waals surface area contributed by atoms with Crippen LogP contribution in [0, 0.1) is 0 Å². The highest BCUT2D eigenvalue weighted by molar-refractivity contribution is 6.30. The SMILES string of the molecule is CCOC(=O)C(O)c1cc(Cl)cn1C. The van der Waals surface area contributed by atoms with Gasteiger partial charge in [0.15, 0.2) is 6.10 Å². The van der Waals surface area contributed by atoms with E-state index in [2.05, 4.69) is 4.74 Å². The van der Waals surface area contributed by atoms with Gasteiger partial charge in [-0.05, 0) is 13.0 Å². The molecule has 0 radical (unpaired) electrons. The van der Waals surface area contributed by atoms with Crippen molar-refractivity contribution in [3.05, 3.63) is 23.0 Å². The largest absolute Gasteiger partial charge is 0.464 e. The summed E-state index contributed by atoms with van der Waals surface area (Å²) in [5, 5.41) is 10.0. The van der Waals surface area contributed by atoms with E-state index in [-0.39, 0.29) is 6.61 Å². The fourth-order valence-corrected chi connectivity index (χ4v) is 1.41. The van der Waals surface area contributed by atoms with Crippen LogP contribution in [0.25, 0.3) is 0 Å². The van der Waals surface area contributed by atoms with Crippen molar-refractivity contribution >= 4 is 17.6 Å². The zero-order chi connectivity index (χ0) is 10.7. The van der Waals surface area contributed by atoms with Gasteiger partial charge in [0, 0.05) is 13.2 Å². The molecule has 1 atom stereocenters. The van der Waals surface area contributed by atoms with Gasteiger partial charge in [-0.15, -0.1) is 0 Å². The summed E-state index contributed by atoms with van der Waals surface area (Å²) in [7, 11) is 1.70. The Labute approximate surface area is 87.0 Å². The number of aromatic nitrogens is 1. The summed E-state index contributed by atoms with van der Waals surface area (Å²) < 4.78 is 6.26. The van der Waals surface area contributed by atoms with Gasteiger partial charge in [0.2, 0.25) is 0 Å². The van der Waals surface area contributed by atoms with Gasteiger partial charge in [-0.2, -0.15) is 0 Å². The average Bonchev–Trinajstić information content (AvgIpc) is 2.44. The number of aliphatic hydroxyl groups excluding tert-OH is 1. The second-order valence-electron chi connectivity index (χ2n) is 2.85. The molecule has 1 rings (SSSR count). The number of aryl methyl sites for hydroxylation is 1. The zero-order valence-corrected chi connectivity index (χ0v) is 8.78. The van der Waals surface area contributed by atoms with Crippen LogP contribution < -0.4 is 0 Å². The van der Waals surface area contributed by atoms with Crippen LogP contribution in [0.2, 0.25) is 5.02 Å². The fourth-order valence-electron chi connectivity index (χ4n) is 1.15. The Morgan fingerprint density at radius 2 is 2.43 bits per heavy atom. The van der Waals surface area contributed by atoms with Crippen molar-refractivity contribution in [2.24, 2.45) is 7.05 Å². The summed E-state index contributed by atoms with van der Waals surface area (Å²) in [6.07, 6.45) is 0.340. The monoisotopic (exact) mass is 217 g/mol. The summed E-state index contributed by atoms with van der Waals surface area (Å²) in [6, 6.07) is 1.53. The van der Waals surface area contributed by atoms with Crippen LogP contribution in [0.5, 0.6) is 0 Å². The minimum atomic E-state index is -1.27. The van der Waals surface area contributed by atoms with Gasteiger partial charge >= 0.3 is 5.97 Å². The van der Waals surface area contributed by atoms with E-state index in [1.165, 1.54) is 6.07 Å². The van der Waals surface area contributed by atoms with E-state index < -0.39 is 12.1 Å². The van der Waals surface area contributed by atoms with E-state index in [4.69, 9.17) is 11.6 Å². The van der Waals surface area contributed by atoms with Crippen molar-refractivity contribution in [3.63, 3.8) is 0 Å². The molecular weight excluding hydrogens is 206 g/mol. The van der Waals surface area contributed by atoms with Gasteiger partial charge in [-0.1, -0.05) is 11.6 Å². The maximum atomic E-state index is 11.2. The van der Waals surface area contributed by atoms with Gasteiger partial charge in [0.25, 0.3) is 0 Å². The first kappa shape index (κ1) is 11.1. The molecule has 1 N–H and O–H groups in total. The predicted octanol–water partition coefficient (Wildman–Crippen LogP) is 1.28. The second-order valence-corrected chi connectivity index (χ2v) is 3.29. The molecule has 0 saturated heterocycles. The highest BCUT2D eigenvalue weighted by Gasteiger charge is 2.21. The van der Waals surface area contributed by atoms with Crippen LogP contribution in [0.1, 0.15) is 18.7 Å². The number of carbonyl (C=O) groups is 1. The van der Waals surface area contributed by atoms with Crippen molar-refractivity contribution in [1.29, 1.82) is 0 Å². The Balaban J connectivity index is 2.83. The molecule has 1 aromatic rings. The van der Waals surface area contributed by atoms with Crippen molar-refractivity contribution in [1.82, 2.24) is 4.57 Å². The van der Waals surface area contributed by atoms with E-state index in [1.54, 1.807) is 24.7 Å². The van der Waals surface area contributed by atoms with Crippen LogP contribution in [0.3, 0.4) is 0 Å². The molecule has 14 heavy (non-hydrogen) atoms. The second kappa shape index (κ2) is 4.48. The van der Waals surface area contributed by atoms with Gasteiger partial charge in [0.1, 0.15) is 0 Å². The van der Waals surface area contributed by atoms with Crippen LogP contribution >= 0.6 is 11.6 Å². The number of aliphatic hydroxyl groups is 1. The molecule has 0 bridgehead atoms. The van der Waals surface area contributed by atoms with Crippen molar-refractivity contribution in [2.45, 2.75) is 13.0 Å². The first-order valence-electron chi connectivity index (χ1n) is 4.22. The van der Waals surface area contributed by atoms with Crippen LogP contribution in [-0.4, -0.2) is 22.2 Å². The van der Waals surface area contributed by atoms with E-state index in [9.17, 15) is 9.90 Å². The number of carbonyl (C=O) groups excluding carboxylic acids is 1. The molecule has 1 unspecified atom stereocenters. The summed E-state index contributed by atoms with van der Waals surface area (Å²) in [4.78, 5) is 11.2. The first-order valence-corrected chi connectivity index (χ1v) is 4.60. The summed E-state index contributed by atoms with van der Waals surface area (Å²) >= 11 is 5.71. The lowest BCUT2D eigenvalue weighted by atomic mass is 10.2. The van der Waals surface area contributed by atoms with E-state index in [0.29, 0.717) is 10.7 Å². The molecule has 0 spiro atoms. The number of rotatable bonds is 3. The van der Waals surface area contributed by atoms with E-state index >= 15 is 0 Å².